The fourth-order valence-electron chi connectivity index (χ4n) is 1.71. The topological polar surface area (TPSA) is 17.1 Å². The van der Waals surface area contributed by atoms with E-state index < -0.39 is 0 Å². The summed E-state index contributed by atoms with van der Waals surface area (Å²) in [6.07, 6.45) is 4.23. The maximum Gasteiger partial charge on any atom is 0.185 e. The zero-order chi connectivity index (χ0) is 13.8. The fourth-order valence-corrected chi connectivity index (χ4v) is 2.78. The zero-order valence-electron chi connectivity index (χ0n) is 10.3. The number of halogens is 2. The van der Waals surface area contributed by atoms with Gasteiger partial charge in [0.05, 0.1) is 10.0 Å². The summed E-state index contributed by atoms with van der Waals surface area (Å²) in [5.41, 5.74) is 1.43. The molecule has 1 heterocycles. The molecule has 4 heteroatoms. The van der Waals surface area contributed by atoms with E-state index in [1.165, 1.54) is 4.88 Å². The first-order valence-electron chi connectivity index (χ1n) is 5.77. The first-order chi connectivity index (χ1) is 9.08. The van der Waals surface area contributed by atoms with Crippen molar-refractivity contribution in [2.75, 3.05) is 0 Å². The highest BCUT2D eigenvalue weighted by molar-refractivity contribution is 7.09. The fraction of sp³-hybridized carbons (Fsp3) is 0.133. The molecule has 0 fully saturated rings. The van der Waals surface area contributed by atoms with Gasteiger partial charge in [-0.25, -0.2) is 0 Å². The Labute approximate surface area is 126 Å². The molecule has 2 rings (SSSR count). The van der Waals surface area contributed by atoms with Crippen molar-refractivity contribution in [3.05, 3.63) is 67.8 Å². The van der Waals surface area contributed by atoms with E-state index in [0.29, 0.717) is 15.6 Å². The first-order valence-corrected chi connectivity index (χ1v) is 7.40. The molecule has 0 aliphatic heterocycles. The lowest BCUT2D eigenvalue weighted by Gasteiger charge is -2.04. The minimum Gasteiger partial charge on any atom is -0.289 e. The van der Waals surface area contributed by atoms with Crippen LogP contribution >= 0.6 is 34.5 Å². The number of carbonyl (C=O) groups is 1. The molecule has 98 valence electrons. The van der Waals surface area contributed by atoms with E-state index in [0.717, 1.165) is 12.0 Å². The SMILES string of the molecule is Cc1cc(Cl)c(Cl)cc1C(=O)/C=C/Cc1cccs1. The van der Waals surface area contributed by atoms with E-state index in [9.17, 15) is 4.79 Å². The Morgan fingerprint density at radius 1 is 1.32 bits per heavy atom. The Balaban J connectivity index is 2.12. The molecule has 0 saturated carbocycles. The molecular formula is C15H12Cl2OS. The smallest absolute Gasteiger partial charge is 0.185 e. The van der Waals surface area contributed by atoms with E-state index in [-0.39, 0.29) is 5.78 Å². The van der Waals surface area contributed by atoms with Crippen LogP contribution in [0.3, 0.4) is 0 Å². The van der Waals surface area contributed by atoms with Crippen LogP contribution in [0.5, 0.6) is 0 Å². The summed E-state index contributed by atoms with van der Waals surface area (Å²) in [5, 5.41) is 2.90. The highest BCUT2D eigenvalue weighted by Crippen LogP contribution is 2.26. The van der Waals surface area contributed by atoms with E-state index >= 15 is 0 Å². The van der Waals surface area contributed by atoms with Crippen LogP contribution < -0.4 is 0 Å². The molecule has 0 unspecified atom stereocenters. The summed E-state index contributed by atoms with van der Waals surface area (Å²) in [5.74, 6) is -0.0485. The van der Waals surface area contributed by atoms with Crippen LogP contribution in [-0.2, 0) is 6.42 Å². The third kappa shape index (κ3) is 3.69. The van der Waals surface area contributed by atoms with Gasteiger partial charge >= 0.3 is 0 Å². The predicted molar refractivity (Wildman–Crippen MR) is 82.7 cm³/mol. The Hall–Kier alpha value is -1.09. The van der Waals surface area contributed by atoms with E-state index in [1.807, 2.05) is 30.5 Å². The maximum absolute atomic E-state index is 12.1. The van der Waals surface area contributed by atoms with E-state index in [2.05, 4.69) is 0 Å². The molecule has 19 heavy (non-hydrogen) atoms. The van der Waals surface area contributed by atoms with Crippen LogP contribution in [0.1, 0.15) is 20.8 Å². The third-order valence-electron chi connectivity index (χ3n) is 2.70. The van der Waals surface area contributed by atoms with Crippen LogP contribution in [-0.4, -0.2) is 5.78 Å². The maximum atomic E-state index is 12.1. The number of benzene rings is 1. The van der Waals surface area contributed by atoms with Gasteiger partial charge in [-0.15, -0.1) is 11.3 Å². The van der Waals surface area contributed by atoms with Gasteiger partial charge in [0.25, 0.3) is 0 Å². The van der Waals surface area contributed by atoms with Crippen LogP contribution in [0, 0.1) is 6.92 Å². The monoisotopic (exact) mass is 310 g/mol. The van der Waals surface area contributed by atoms with Gasteiger partial charge in [-0.1, -0.05) is 35.3 Å². The Kier molecular flexibility index (Phi) is 4.81. The molecule has 0 amide bonds. The van der Waals surface area contributed by atoms with Crippen molar-refractivity contribution in [1.82, 2.24) is 0 Å². The number of rotatable bonds is 4. The number of ketones is 1. The van der Waals surface area contributed by atoms with Crippen molar-refractivity contribution in [3.63, 3.8) is 0 Å². The molecule has 1 nitrogen and oxygen atoms in total. The molecule has 1 aromatic carbocycles. The predicted octanol–water partition coefficient (Wildman–Crippen LogP) is 5.34. The second-order valence-electron chi connectivity index (χ2n) is 4.13. The van der Waals surface area contributed by atoms with Crippen LogP contribution in [0.4, 0.5) is 0 Å². The van der Waals surface area contributed by atoms with Crippen molar-refractivity contribution in [2.45, 2.75) is 13.3 Å². The van der Waals surface area contributed by atoms with Gasteiger partial charge in [0, 0.05) is 16.9 Å². The van der Waals surface area contributed by atoms with Crippen LogP contribution in [0.2, 0.25) is 10.0 Å². The van der Waals surface area contributed by atoms with Crippen molar-refractivity contribution < 1.29 is 4.79 Å². The summed E-state index contributed by atoms with van der Waals surface area (Å²) in [4.78, 5) is 13.3. The molecule has 0 atom stereocenters. The molecule has 0 bridgehead atoms. The number of thiophene rings is 1. The van der Waals surface area contributed by atoms with Gasteiger partial charge in [0.15, 0.2) is 5.78 Å². The van der Waals surface area contributed by atoms with Crippen LogP contribution in [0.15, 0.2) is 41.8 Å². The first kappa shape index (κ1) is 14.3. The van der Waals surface area contributed by atoms with Crippen molar-refractivity contribution in [3.8, 4) is 0 Å². The average molecular weight is 311 g/mol. The number of hydrogen-bond acceptors (Lipinski definition) is 2. The summed E-state index contributed by atoms with van der Waals surface area (Å²) in [7, 11) is 0. The number of hydrogen-bond donors (Lipinski definition) is 0. The second-order valence-corrected chi connectivity index (χ2v) is 5.98. The summed E-state index contributed by atoms with van der Waals surface area (Å²) < 4.78 is 0. The van der Waals surface area contributed by atoms with Gasteiger partial charge < -0.3 is 0 Å². The molecule has 1 aromatic heterocycles. The molecule has 0 aliphatic rings. The summed E-state index contributed by atoms with van der Waals surface area (Å²) >= 11 is 13.5. The van der Waals surface area contributed by atoms with E-state index in [4.69, 9.17) is 23.2 Å². The highest BCUT2D eigenvalue weighted by atomic mass is 35.5. The molecule has 0 spiro atoms. The molecule has 0 radical (unpaired) electrons. The normalized spacial score (nSPS) is 11.1. The van der Waals surface area contributed by atoms with Gasteiger partial charge in [0.2, 0.25) is 0 Å². The molecule has 0 saturated heterocycles. The largest absolute Gasteiger partial charge is 0.289 e. The number of allylic oxidation sites excluding steroid dienone is 2. The standard InChI is InChI=1S/C15H12Cl2OS/c1-10-8-13(16)14(17)9-12(10)15(18)6-2-4-11-5-3-7-19-11/h2-3,5-9H,4H2,1H3/b6-2+. The lowest BCUT2D eigenvalue weighted by molar-refractivity contribution is 0.104. The number of carbonyl (C=O) groups excluding carboxylic acids is 1. The van der Waals surface area contributed by atoms with Crippen LogP contribution in [0.25, 0.3) is 0 Å². The minimum absolute atomic E-state index is 0.0485. The number of aryl methyl sites for hydroxylation is 1. The molecule has 2 aromatic rings. The Bertz CT molecular complexity index is 615. The minimum atomic E-state index is -0.0485. The highest BCUT2D eigenvalue weighted by Gasteiger charge is 2.09. The van der Waals surface area contributed by atoms with Gasteiger partial charge in [-0.3, -0.25) is 4.79 Å². The van der Waals surface area contributed by atoms with Gasteiger partial charge in [0.1, 0.15) is 0 Å². The quantitative estimate of drug-likeness (QED) is 0.550. The third-order valence-corrected chi connectivity index (χ3v) is 4.32. The van der Waals surface area contributed by atoms with Gasteiger partial charge in [-0.2, -0.15) is 0 Å². The Morgan fingerprint density at radius 3 is 2.74 bits per heavy atom. The average Bonchev–Trinajstić information content (AvgIpc) is 2.86. The lowest BCUT2D eigenvalue weighted by atomic mass is 10.0. The second kappa shape index (κ2) is 6.38. The molecular weight excluding hydrogens is 299 g/mol. The molecule has 0 aliphatic carbocycles. The lowest BCUT2D eigenvalue weighted by Crippen LogP contribution is -1.98. The Morgan fingerprint density at radius 2 is 2.05 bits per heavy atom. The zero-order valence-corrected chi connectivity index (χ0v) is 12.6. The van der Waals surface area contributed by atoms with Crippen molar-refractivity contribution >= 4 is 40.3 Å². The van der Waals surface area contributed by atoms with Crippen molar-refractivity contribution in [2.24, 2.45) is 0 Å². The summed E-state index contributed by atoms with van der Waals surface area (Å²) in [6, 6.07) is 7.38. The van der Waals surface area contributed by atoms with E-state index in [1.54, 1.807) is 29.5 Å². The summed E-state index contributed by atoms with van der Waals surface area (Å²) in [6.45, 7) is 1.85. The van der Waals surface area contributed by atoms with Crippen molar-refractivity contribution in [1.29, 1.82) is 0 Å². The van der Waals surface area contributed by atoms with Gasteiger partial charge in [-0.05, 0) is 42.1 Å². The molecule has 0 N–H and O–H groups in total.